The van der Waals surface area contributed by atoms with E-state index >= 15 is 0 Å². The van der Waals surface area contributed by atoms with Crippen molar-refractivity contribution in [1.82, 2.24) is 30.2 Å². The maximum atomic E-state index is 13.5. The summed E-state index contributed by atoms with van der Waals surface area (Å²) in [6.07, 6.45) is 2.41. The Hall–Kier alpha value is -5.10. The van der Waals surface area contributed by atoms with E-state index in [0.717, 1.165) is 35.1 Å². The molecule has 0 radical (unpaired) electrons. The van der Waals surface area contributed by atoms with E-state index in [1.54, 1.807) is 22.8 Å². The highest BCUT2D eigenvalue weighted by Gasteiger charge is 2.25. The lowest BCUT2D eigenvalue weighted by Gasteiger charge is -2.14. The molecule has 2 aromatic heterocycles. The third-order valence-corrected chi connectivity index (χ3v) is 6.83. The lowest BCUT2D eigenvalue weighted by molar-refractivity contribution is -0.763. The minimum absolute atomic E-state index is 0.0239. The number of nitrogens with one attached hydrogen (secondary N) is 1. The number of halogens is 1. The van der Waals surface area contributed by atoms with Crippen molar-refractivity contribution in [3.05, 3.63) is 111 Å². The van der Waals surface area contributed by atoms with Gasteiger partial charge >= 0.3 is 5.97 Å². The molecular weight excluding hydrogens is 562 g/mol. The van der Waals surface area contributed by atoms with E-state index in [2.05, 4.69) is 37.4 Å². The summed E-state index contributed by atoms with van der Waals surface area (Å²) in [5.74, 6) is 0.561. The van der Waals surface area contributed by atoms with Crippen molar-refractivity contribution in [3.8, 4) is 28.3 Å². The van der Waals surface area contributed by atoms with Crippen LogP contribution in [0.5, 0.6) is 5.75 Å². The third-order valence-electron chi connectivity index (χ3n) is 6.57. The summed E-state index contributed by atoms with van der Waals surface area (Å²) in [6, 6.07) is 22.1. The molecule has 0 bridgehead atoms. The first kappa shape index (κ1) is 28.4. The number of H-pyrrole nitrogens is 1. The quantitative estimate of drug-likeness (QED) is 0.0838. The second kappa shape index (κ2) is 13.0. The number of esters is 1. The van der Waals surface area contributed by atoms with E-state index in [0.29, 0.717) is 30.2 Å². The zero-order valence-corrected chi connectivity index (χ0v) is 23.3. The summed E-state index contributed by atoms with van der Waals surface area (Å²) in [6.45, 7) is 2.02. The van der Waals surface area contributed by atoms with Crippen LogP contribution in [0, 0.1) is 10.1 Å². The van der Waals surface area contributed by atoms with Crippen LogP contribution in [0.15, 0.2) is 72.8 Å². The molecule has 214 valence electrons. The fourth-order valence-electron chi connectivity index (χ4n) is 4.53. The van der Waals surface area contributed by atoms with Crippen molar-refractivity contribution in [2.45, 2.75) is 39.3 Å². The Morgan fingerprint density at radius 3 is 2.50 bits per heavy atom. The normalized spacial score (nSPS) is 10.9. The Morgan fingerprint density at radius 1 is 1.05 bits per heavy atom. The van der Waals surface area contributed by atoms with Crippen molar-refractivity contribution >= 4 is 17.6 Å². The number of aromatic nitrogens is 6. The van der Waals surface area contributed by atoms with Crippen LogP contribution in [0.2, 0.25) is 5.15 Å². The zero-order valence-electron chi connectivity index (χ0n) is 22.6. The number of rotatable bonds is 12. The van der Waals surface area contributed by atoms with Gasteiger partial charge in [-0.25, -0.2) is 9.78 Å². The number of unbranched alkanes of at least 4 members (excludes halogenated alkanes) is 1. The van der Waals surface area contributed by atoms with Crippen LogP contribution in [-0.4, -0.2) is 41.2 Å². The fraction of sp³-hybridized carbons (Fsp3) is 0.207. The van der Waals surface area contributed by atoms with Crippen LogP contribution in [-0.2, 0) is 24.4 Å². The Labute approximate surface area is 245 Å². The summed E-state index contributed by atoms with van der Waals surface area (Å²) in [5.41, 5.74) is 4.10. The number of aryl methyl sites for hydroxylation is 1. The molecule has 1 N–H and O–H groups in total. The maximum absolute atomic E-state index is 13.5. The van der Waals surface area contributed by atoms with Gasteiger partial charge in [-0.05, 0) is 34.4 Å². The number of tetrazole rings is 1. The van der Waals surface area contributed by atoms with Crippen LogP contribution in [0.25, 0.3) is 22.5 Å². The van der Waals surface area contributed by atoms with Crippen molar-refractivity contribution in [2.24, 2.45) is 0 Å². The summed E-state index contributed by atoms with van der Waals surface area (Å²) < 4.78 is 7.42. The maximum Gasteiger partial charge on any atom is 0.363 e. The Morgan fingerprint density at radius 2 is 1.79 bits per heavy atom. The van der Waals surface area contributed by atoms with Gasteiger partial charge in [-0.3, -0.25) is 0 Å². The average molecular weight is 588 g/mol. The smallest absolute Gasteiger partial charge is 0.363 e. The zero-order chi connectivity index (χ0) is 29.5. The van der Waals surface area contributed by atoms with Gasteiger partial charge in [-0.2, -0.15) is 5.21 Å². The highest BCUT2D eigenvalue weighted by Crippen LogP contribution is 2.30. The highest BCUT2D eigenvalue weighted by molar-refractivity contribution is 6.32. The van der Waals surface area contributed by atoms with Crippen LogP contribution in [0.1, 0.15) is 47.2 Å². The molecule has 0 aliphatic heterocycles. The third kappa shape index (κ3) is 6.44. The molecule has 0 atom stereocenters. The molecule has 0 amide bonds. The minimum Gasteiger partial charge on any atom is -0.421 e. The van der Waals surface area contributed by atoms with Gasteiger partial charge in [0.2, 0.25) is 5.82 Å². The molecule has 0 saturated carbocycles. The van der Waals surface area contributed by atoms with Gasteiger partial charge in [-0.1, -0.05) is 91.7 Å². The number of imidazole rings is 1. The Balaban J connectivity index is 1.43. The summed E-state index contributed by atoms with van der Waals surface area (Å²) in [5, 5.41) is 24.2. The van der Waals surface area contributed by atoms with Crippen LogP contribution in [0.3, 0.4) is 0 Å². The molecule has 42 heavy (non-hydrogen) atoms. The van der Waals surface area contributed by atoms with E-state index in [4.69, 9.17) is 16.3 Å². The molecule has 0 fully saturated rings. The molecule has 0 spiro atoms. The second-order valence-electron chi connectivity index (χ2n) is 9.33. The number of para-hydroxylation sites is 1. The minimum atomic E-state index is -0.903. The van der Waals surface area contributed by atoms with Gasteiger partial charge in [0.1, 0.15) is 18.2 Å². The average Bonchev–Trinajstić information content (AvgIpc) is 3.64. The molecule has 13 heteroatoms. The molecule has 2 heterocycles. The van der Waals surface area contributed by atoms with Crippen LogP contribution >= 0.6 is 11.6 Å². The van der Waals surface area contributed by atoms with Crippen LogP contribution in [0.4, 0.5) is 0 Å². The van der Waals surface area contributed by atoms with Gasteiger partial charge in [-0.15, -0.1) is 20.3 Å². The summed E-state index contributed by atoms with van der Waals surface area (Å²) in [4.78, 5) is 33.1. The molecule has 0 unspecified atom stereocenters. The van der Waals surface area contributed by atoms with Gasteiger partial charge in [0.05, 0.1) is 0 Å². The Kier molecular flexibility index (Phi) is 8.83. The lowest BCUT2D eigenvalue weighted by Crippen LogP contribution is -2.18. The van der Waals surface area contributed by atoms with Gasteiger partial charge in [0, 0.05) is 24.1 Å². The predicted octanol–water partition coefficient (Wildman–Crippen LogP) is 5.70. The van der Waals surface area contributed by atoms with E-state index in [1.165, 1.54) is 6.07 Å². The molecule has 5 aromatic rings. The lowest BCUT2D eigenvalue weighted by atomic mass is 9.98. The van der Waals surface area contributed by atoms with Crippen molar-refractivity contribution < 1.29 is 19.5 Å². The van der Waals surface area contributed by atoms with Crippen molar-refractivity contribution in [3.63, 3.8) is 0 Å². The number of ether oxygens (including phenoxy) is 1. The van der Waals surface area contributed by atoms with E-state index in [1.807, 2.05) is 48.5 Å². The number of nitrogens with zero attached hydrogens (tertiary/aromatic N) is 6. The number of benzene rings is 3. The van der Waals surface area contributed by atoms with Crippen molar-refractivity contribution in [1.29, 1.82) is 0 Å². The number of carbonyl (C=O) groups excluding carboxylic acids is 1. The largest absolute Gasteiger partial charge is 0.421 e. The fourth-order valence-corrected chi connectivity index (χ4v) is 4.81. The van der Waals surface area contributed by atoms with E-state index < -0.39 is 11.1 Å². The monoisotopic (exact) mass is 587 g/mol. The van der Waals surface area contributed by atoms with Crippen molar-refractivity contribution in [2.75, 3.05) is 0 Å². The SMILES string of the molecule is CCCCc1nc(Cl)c(C(=O)Oc2ccccc2CO[N+](=O)[O-])n1Cc1ccc(-c2ccccc2-c2nn[nH]n2)cc1. The first-order valence-electron chi connectivity index (χ1n) is 13.2. The molecule has 0 aliphatic rings. The number of hydrogen-bond acceptors (Lipinski definition) is 9. The molecule has 0 aliphatic carbocycles. The standard InChI is InChI=1S/C29H26ClN7O5/c1-2-3-12-25-31-27(30)26(29(38)42-24-11-7-4-8-21(24)18-41-37(39)40)36(25)17-19-13-15-20(16-14-19)22-9-5-6-10-23(22)28-32-34-35-33-28/h4-11,13-16H,2-3,12,17-18H2,1H3,(H,32,33,34,35). The molecule has 3 aromatic carbocycles. The highest BCUT2D eigenvalue weighted by atomic mass is 35.5. The van der Waals surface area contributed by atoms with Gasteiger partial charge < -0.3 is 14.1 Å². The number of carbonyl (C=O) groups is 1. The summed E-state index contributed by atoms with van der Waals surface area (Å²) in [7, 11) is 0. The first-order chi connectivity index (χ1) is 20.4. The Bertz CT molecular complexity index is 1690. The van der Waals surface area contributed by atoms with E-state index in [9.17, 15) is 14.9 Å². The summed E-state index contributed by atoms with van der Waals surface area (Å²) >= 11 is 6.50. The number of hydrogen-bond donors (Lipinski definition) is 1. The van der Waals surface area contributed by atoms with Crippen LogP contribution < -0.4 is 4.74 Å². The van der Waals surface area contributed by atoms with E-state index in [-0.39, 0.29) is 23.2 Å². The molecule has 5 rings (SSSR count). The first-order valence-corrected chi connectivity index (χ1v) is 13.6. The molecule has 0 saturated heterocycles. The molecule has 12 nitrogen and oxygen atoms in total. The topological polar surface area (TPSA) is 151 Å². The van der Waals surface area contributed by atoms with Gasteiger partial charge in [0.25, 0.3) is 5.09 Å². The molecular formula is C29H26ClN7O5. The predicted molar refractivity (Wildman–Crippen MR) is 153 cm³/mol. The van der Waals surface area contributed by atoms with Gasteiger partial charge in [0.15, 0.2) is 10.8 Å². The number of aromatic amines is 1. The second-order valence-corrected chi connectivity index (χ2v) is 9.69.